The Morgan fingerprint density at radius 2 is 2.70 bits per heavy atom. The van der Waals surface area contributed by atoms with E-state index in [2.05, 4.69) is 16.5 Å². The number of hydrogen-bond donors (Lipinski definition) is 1. The van der Waals surface area contributed by atoms with E-state index < -0.39 is 0 Å². The van der Waals surface area contributed by atoms with Crippen LogP contribution in [0.3, 0.4) is 0 Å². The van der Waals surface area contributed by atoms with Gasteiger partial charge in [-0.25, -0.2) is 4.98 Å². The number of allylic oxidation sites excluding steroid dienone is 1. The van der Waals surface area contributed by atoms with Crippen LogP contribution in [0.5, 0.6) is 0 Å². The Kier molecular flexibility index (Phi) is 2.57. The number of rotatable bonds is 3. The second-order valence-corrected chi connectivity index (χ2v) is 2.94. The van der Waals surface area contributed by atoms with E-state index in [1.165, 1.54) is 0 Å². The fourth-order valence-electron chi connectivity index (χ4n) is 0.654. The minimum absolute atomic E-state index is 0.841. The normalized spacial score (nSPS) is 9.70. The lowest BCUT2D eigenvalue weighted by Crippen LogP contribution is -1.87. The Labute approximate surface area is 64.8 Å². The van der Waals surface area contributed by atoms with Crippen LogP contribution in [0.1, 0.15) is 5.82 Å². The fraction of sp³-hybridized carbons (Fsp3) is 0.286. The lowest BCUT2D eigenvalue weighted by Gasteiger charge is -1.95. The lowest BCUT2D eigenvalue weighted by atomic mass is 10.4. The van der Waals surface area contributed by atoms with Gasteiger partial charge in [0.05, 0.1) is 0 Å². The first-order chi connectivity index (χ1) is 4.83. The third-order valence-electron chi connectivity index (χ3n) is 1.21. The van der Waals surface area contributed by atoms with Gasteiger partial charge in [-0.15, -0.1) is 11.8 Å². The summed E-state index contributed by atoms with van der Waals surface area (Å²) in [6, 6.07) is 0. The molecule has 0 saturated carbocycles. The van der Waals surface area contributed by atoms with Crippen LogP contribution < -0.4 is 0 Å². The lowest BCUT2D eigenvalue weighted by molar-refractivity contribution is 1.05. The van der Waals surface area contributed by atoms with E-state index in [4.69, 9.17) is 0 Å². The molecular weight excluding hydrogens is 144 g/mol. The minimum atomic E-state index is 0.841. The van der Waals surface area contributed by atoms with E-state index in [0.29, 0.717) is 0 Å². The third kappa shape index (κ3) is 1.92. The molecule has 0 aliphatic carbocycles. The summed E-state index contributed by atoms with van der Waals surface area (Å²) in [7, 11) is 0. The van der Waals surface area contributed by atoms with Gasteiger partial charge in [0.25, 0.3) is 0 Å². The molecule has 0 aromatic carbocycles. The smallest absolute Gasteiger partial charge is 0.110 e. The maximum atomic E-state index is 4.07. The Morgan fingerprint density at radius 1 is 1.90 bits per heavy atom. The van der Waals surface area contributed by atoms with Crippen LogP contribution in [0.4, 0.5) is 0 Å². The van der Waals surface area contributed by atoms with Gasteiger partial charge >= 0.3 is 0 Å². The van der Waals surface area contributed by atoms with E-state index >= 15 is 0 Å². The Hall–Kier alpha value is -0.700. The molecule has 1 rings (SSSR count). The van der Waals surface area contributed by atoms with Crippen molar-refractivity contribution >= 4 is 11.8 Å². The molecule has 3 heteroatoms. The molecule has 54 valence electrons. The van der Waals surface area contributed by atoms with Crippen LogP contribution in [-0.4, -0.2) is 16.2 Å². The number of hydrogen-bond acceptors (Lipinski definition) is 2. The van der Waals surface area contributed by atoms with Crippen molar-refractivity contribution in [2.45, 2.75) is 6.42 Å². The first kappa shape index (κ1) is 7.41. The van der Waals surface area contributed by atoms with Crippen molar-refractivity contribution in [1.82, 2.24) is 9.97 Å². The van der Waals surface area contributed by atoms with Gasteiger partial charge < -0.3 is 4.98 Å². The summed E-state index contributed by atoms with van der Waals surface area (Å²) in [5, 5.41) is 0. The van der Waals surface area contributed by atoms with Gasteiger partial charge in [-0.3, -0.25) is 0 Å². The molecule has 1 aromatic rings. The van der Waals surface area contributed by atoms with Crippen LogP contribution in [0.2, 0.25) is 0 Å². The second kappa shape index (κ2) is 3.46. The monoisotopic (exact) mass is 154 g/mol. The Balaban J connectivity index is 2.48. The van der Waals surface area contributed by atoms with E-state index in [9.17, 15) is 0 Å². The molecular formula is C7H10N2S. The van der Waals surface area contributed by atoms with Gasteiger partial charge in [0, 0.05) is 18.8 Å². The summed E-state index contributed by atoms with van der Waals surface area (Å²) in [5.41, 5.74) is 0. The third-order valence-corrected chi connectivity index (χ3v) is 1.93. The molecule has 0 spiro atoms. The molecule has 0 radical (unpaired) electrons. The highest BCUT2D eigenvalue weighted by Crippen LogP contribution is 2.12. The number of H-pyrrole nitrogens is 1. The number of imidazole rings is 1. The molecule has 0 saturated heterocycles. The number of nitrogens with zero attached hydrogens (tertiary/aromatic N) is 1. The zero-order chi connectivity index (χ0) is 7.40. The minimum Gasteiger partial charge on any atom is -0.348 e. The molecule has 1 aromatic heterocycles. The number of thioether (sulfide) groups is 1. The predicted molar refractivity (Wildman–Crippen MR) is 44.9 cm³/mol. The second-order valence-electron chi connectivity index (χ2n) is 1.96. The van der Waals surface area contributed by atoms with E-state index in [1.807, 2.05) is 12.5 Å². The van der Waals surface area contributed by atoms with Crippen LogP contribution >= 0.6 is 11.8 Å². The average Bonchev–Trinajstić information content (AvgIpc) is 2.40. The van der Waals surface area contributed by atoms with Crippen molar-refractivity contribution in [3.05, 3.63) is 29.7 Å². The number of aromatic nitrogens is 2. The summed E-state index contributed by atoms with van der Waals surface area (Å²) in [5.74, 6) is 0.986. The summed E-state index contributed by atoms with van der Waals surface area (Å²) in [6.45, 7) is 3.85. The first-order valence-electron chi connectivity index (χ1n) is 3.03. The van der Waals surface area contributed by atoms with Crippen molar-refractivity contribution in [1.29, 1.82) is 0 Å². The summed E-state index contributed by atoms with van der Waals surface area (Å²) in [6.07, 6.45) is 6.44. The summed E-state index contributed by atoms with van der Waals surface area (Å²) in [4.78, 5) is 8.23. The molecule has 0 atom stereocenters. The highest BCUT2D eigenvalue weighted by atomic mass is 32.2. The molecule has 1 heterocycles. The molecule has 1 N–H and O–H groups in total. The molecule has 0 bridgehead atoms. The average molecular weight is 154 g/mol. The molecule has 10 heavy (non-hydrogen) atoms. The van der Waals surface area contributed by atoms with Crippen molar-refractivity contribution in [2.75, 3.05) is 6.26 Å². The van der Waals surface area contributed by atoms with E-state index in [0.717, 1.165) is 17.2 Å². The zero-order valence-corrected chi connectivity index (χ0v) is 6.74. The van der Waals surface area contributed by atoms with Gasteiger partial charge in [0.15, 0.2) is 0 Å². The maximum absolute atomic E-state index is 4.07. The highest BCUT2D eigenvalue weighted by molar-refractivity contribution is 8.02. The molecule has 0 aliphatic heterocycles. The van der Waals surface area contributed by atoms with Gasteiger partial charge in [0.1, 0.15) is 5.82 Å². The first-order valence-corrected chi connectivity index (χ1v) is 4.25. The van der Waals surface area contributed by atoms with Crippen molar-refractivity contribution in [3.8, 4) is 0 Å². The largest absolute Gasteiger partial charge is 0.348 e. The summed E-state index contributed by atoms with van der Waals surface area (Å²) >= 11 is 1.67. The maximum Gasteiger partial charge on any atom is 0.110 e. The molecule has 0 unspecified atom stereocenters. The van der Waals surface area contributed by atoms with Gasteiger partial charge in [-0.2, -0.15) is 0 Å². The highest BCUT2D eigenvalue weighted by Gasteiger charge is 1.95. The predicted octanol–water partition coefficient (Wildman–Crippen LogP) is 1.83. The van der Waals surface area contributed by atoms with E-state index in [-0.39, 0.29) is 0 Å². The van der Waals surface area contributed by atoms with Gasteiger partial charge in [-0.05, 0) is 11.2 Å². The van der Waals surface area contributed by atoms with Crippen LogP contribution in [0.25, 0.3) is 0 Å². The van der Waals surface area contributed by atoms with Gasteiger partial charge in [0.2, 0.25) is 0 Å². The fourth-order valence-corrected chi connectivity index (χ4v) is 0.935. The quantitative estimate of drug-likeness (QED) is 0.719. The Bertz CT molecular complexity index is 203. The van der Waals surface area contributed by atoms with Crippen molar-refractivity contribution < 1.29 is 0 Å². The molecule has 0 aliphatic rings. The van der Waals surface area contributed by atoms with E-state index in [1.54, 1.807) is 18.0 Å². The number of aromatic amines is 1. The standard InChI is InChI=1S/C7H10N2S/c1-6(10-2)5-7-8-3-4-9-7/h3-4H,1,5H2,2H3,(H,8,9). The zero-order valence-electron chi connectivity index (χ0n) is 5.92. The van der Waals surface area contributed by atoms with Crippen LogP contribution in [-0.2, 0) is 6.42 Å². The SMILES string of the molecule is C=C(Cc1ncc[nH]1)SC. The molecule has 2 nitrogen and oxygen atoms in total. The summed E-state index contributed by atoms with van der Waals surface area (Å²) < 4.78 is 0. The van der Waals surface area contributed by atoms with Gasteiger partial charge in [-0.1, -0.05) is 6.58 Å². The molecule has 0 amide bonds. The number of nitrogens with one attached hydrogen (secondary N) is 1. The molecule has 0 fully saturated rings. The van der Waals surface area contributed by atoms with Crippen LogP contribution in [0.15, 0.2) is 23.9 Å². The van der Waals surface area contributed by atoms with Crippen LogP contribution in [0, 0.1) is 0 Å². The van der Waals surface area contributed by atoms with Crippen molar-refractivity contribution in [2.24, 2.45) is 0 Å². The van der Waals surface area contributed by atoms with Crippen molar-refractivity contribution in [3.63, 3.8) is 0 Å². The Morgan fingerprint density at radius 3 is 3.20 bits per heavy atom. The topological polar surface area (TPSA) is 28.7 Å².